The first-order valence-corrected chi connectivity index (χ1v) is 4.89. The summed E-state index contributed by atoms with van der Waals surface area (Å²) in [5, 5.41) is 19.6. The summed E-state index contributed by atoms with van der Waals surface area (Å²) in [6.45, 7) is -0.215. The normalized spacial score (nSPS) is 11.8. The summed E-state index contributed by atoms with van der Waals surface area (Å²) in [6, 6.07) is 0. The van der Waals surface area contributed by atoms with Crippen LogP contribution in [0.1, 0.15) is 25.7 Å². The maximum atomic E-state index is 11.1. The molecule has 0 aromatic heterocycles. The Morgan fingerprint density at radius 2 is 1.75 bits per heavy atom. The lowest BCUT2D eigenvalue weighted by Gasteiger charge is -2.07. The number of hydrogen-bond donors (Lipinski definition) is 4. The molecule has 0 aromatic rings. The molecule has 7 heteroatoms. The number of primary amides is 1. The first-order chi connectivity index (χ1) is 7.43. The molecule has 0 aliphatic carbocycles. The number of amides is 2. The molecule has 0 radical (unpaired) electrons. The molecule has 92 valence electrons. The van der Waals surface area contributed by atoms with Gasteiger partial charge in [-0.2, -0.15) is 0 Å². The van der Waals surface area contributed by atoms with E-state index in [0.29, 0.717) is 12.8 Å². The molecule has 0 aliphatic heterocycles. The zero-order valence-corrected chi connectivity index (χ0v) is 8.81. The molecule has 7 nitrogen and oxygen atoms in total. The number of nitrogens with two attached hydrogens (primary N) is 1. The van der Waals surface area contributed by atoms with E-state index in [9.17, 15) is 14.4 Å². The highest BCUT2D eigenvalue weighted by Gasteiger charge is 2.11. The fraction of sp³-hybridized carbons (Fsp3) is 0.667. The van der Waals surface area contributed by atoms with E-state index in [1.807, 2.05) is 0 Å². The molecule has 1 atom stereocenters. The fourth-order valence-corrected chi connectivity index (χ4v) is 0.961. The van der Waals surface area contributed by atoms with Crippen molar-refractivity contribution >= 4 is 17.8 Å². The van der Waals surface area contributed by atoms with E-state index in [1.54, 1.807) is 0 Å². The van der Waals surface area contributed by atoms with Crippen molar-refractivity contribution in [1.29, 1.82) is 0 Å². The number of nitrogens with one attached hydrogen (secondary N) is 1. The number of hydrogen-bond acceptors (Lipinski definition) is 4. The summed E-state index contributed by atoms with van der Waals surface area (Å²) in [7, 11) is 0. The van der Waals surface area contributed by atoms with E-state index in [4.69, 9.17) is 15.9 Å². The topological polar surface area (TPSA) is 130 Å². The van der Waals surface area contributed by atoms with Crippen LogP contribution in [0.15, 0.2) is 0 Å². The van der Waals surface area contributed by atoms with E-state index < -0.39 is 18.0 Å². The number of aliphatic hydroxyl groups is 1. The van der Waals surface area contributed by atoms with Crippen LogP contribution in [-0.4, -0.2) is 40.6 Å². The van der Waals surface area contributed by atoms with Crippen molar-refractivity contribution in [2.75, 3.05) is 6.54 Å². The van der Waals surface area contributed by atoms with Crippen LogP contribution < -0.4 is 11.1 Å². The van der Waals surface area contributed by atoms with Gasteiger partial charge < -0.3 is 21.3 Å². The van der Waals surface area contributed by atoms with Gasteiger partial charge in [0.15, 0.2) is 0 Å². The fourth-order valence-electron chi connectivity index (χ4n) is 0.961. The molecule has 0 spiro atoms. The molecular formula is C9H16N2O5. The molecule has 1 unspecified atom stereocenters. The summed E-state index contributed by atoms with van der Waals surface area (Å²) >= 11 is 0. The lowest BCUT2D eigenvalue weighted by molar-refractivity contribution is -0.137. The van der Waals surface area contributed by atoms with Gasteiger partial charge in [0, 0.05) is 12.8 Å². The Morgan fingerprint density at radius 3 is 2.25 bits per heavy atom. The third kappa shape index (κ3) is 7.74. The Morgan fingerprint density at radius 1 is 1.19 bits per heavy atom. The summed E-state index contributed by atoms with van der Waals surface area (Å²) in [5.41, 5.74) is 4.77. The summed E-state index contributed by atoms with van der Waals surface area (Å²) in [4.78, 5) is 31.6. The zero-order valence-electron chi connectivity index (χ0n) is 8.81. The Kier molecular flexibility index (Phi) is 6.86. The van der Waals surface area contributed by atoms with E-state index in [0.717, 1.165) is 0 Å². The van der Waals surface area contributed by atoms with Crippen LogP contribution in [0.3, 0.4) is 0 Å². The number of carbonyl (C=O) groups excluding carboxylic acids is 2. The number of carboxylic acid groups (broad SMARTS) is 1. The smallest absolute Gasteiger partial charge is 0.303 e. The van der Waals surface area contributed by atoms with Gasteiger partial charge in [0.1, 0.15) is 6.10 Å². The molecule has 0 rings (SSSR count). The van der Waals surface area contributed by atoms with E-state index in [1.165, 1.54) is 0 Å². The maximum absolute atomic E-state index is 11.1. The van der Waals surface area contributed by atoms with Gasteiger partial charge in [0.25, 0.3) is 0 Å². The average molecular weight is 232 g/mol. The number of aliphatic hydroxyl groups excluding tert-OH is 1. The van der Waals surface area contributed by atoms with Crippen LogP contribution in [0.5, 0.6) is 0 Å². The molecule has 0 heterocycles. The SMILES string of the molecule is NC(=O)C(O)CNC(=O)CCCCC(=O)O. The van der Waals surface area contributed by atoms with Gasteiger partial charge in [0.2, 0.25) is 11.8 Å². The third-order valence-electron chi connectivity index (χ3n) is 1.87. The number of unbranched alkanes of at least 4 members (excludes halogenated alkanes) is 1. The molecule has 0 aliphatic rings. The average Bonchev–Trinajstić information content (AvgIpc) is 2.20. The molecule has 0 aromatic carbocycles. The second kappa shape index (κ2) is 7.63. The molecule has 2 amide bonds. The first kappa shape index (κ1) is 14.4. The summed E-state index contributed by atoms with van der Waals surface area (Å²) < 4.78 is 0. The molecule has 0 fully saturated rings. The van der Waals surface area contributed by atoms with Crippen LogP contribution in [0, 0.1) is 0 Å². The predicted molar refractivity (Wildman–Crippen MR) is 54.3 cm³/mol. The highest BCUT2D eigenvalue weighted by molar-refractivity contribution is 5.80. The van der Waals surface area contributed by atoms with Gasteiger partial charge in [-0.15, -0.1) is 0 Å². The van der Waals surface area contributed by atoms with Gasteiger partial charge in [-0.25, -0.2) is 0 Å². The number of carbonyl (C=O) groups is 3. The van der Waals surface area contributed by atoms with Crippen molar-refractivity contribution < 1.29 is 24.6 Å². The molecule has 16 heavy (non-hydrogen) atoms. The van der Waals surface area contributed by atoms with Gasteiger partial charge >= 0.3 is 5.97 Å². The van der Waals surface area contributed by atoms with E-state index in [2.05, 4.69) is 5.32 Å². The minimum absolute atomic E-state index is 0.0250. The highest BCUT2D eigenvalue weighted by Crippen LogP contribution is 1.99. The zero-order chi connectivity index (χ0) is 12.6. The summed E-state index contributed by atoms with van der Waals surface area (Å²) in [6.07, 6.45) is -0.329. The molecule has 0 saturated carbocycles. The number of carboxylic acids is 1. The highest BCUT2D eigenvalue weighted by atomic mass is 16.4. The third-order valence-corrected chi connectivity index (χ3v) is 1.87. The minimum atomic E-state index is -1.39. The monoisotopic (exact) mass is 232 g/mol. The Hall–Kier alpha value is -1.63. The van der Waals surface area contributed by atoms with Crippen molar-refractivity contribution in [2.24, 2.45) is 5.73 Å². The van der Waals surface area contributed by atoms with Crippen molar-refractivity contribution in [3.63, 3.8) is 0 Å². The molecule has 5 N–H and O–H groups in total. The lowest BCUT2D eigenvalue weighted by Crippen LogP contribution is -2.39. The van der Waals surface area contributed by atoms with Gasteiger partial charge in [-0.3, -0.25) is 14.4 Å². The van der Waals surface area contributed by atoms with Gasteiger partial charge in [-0.1, -0.05) is 0 Å². The number of rotatable bonds is 8. The maximum Gasteiger partial charge on any atom is 0.303 e. The quantitative estimate of drug-likeness (QED) is 0.382. The van der Waals surface area contributed by atoms with Gasteiger partial charge in [-0.05, 0) is 12.8 Å². The largest absolute Gasteiger partial charge is 0.481 e. The van der Waals surface area contributed by atoms with Crippen LogP contribution in [0.2, 0.25) is 0 Å². The minimum Gasteiger partial charge on any atom is -0.481 e. The molecule has 0 saturated heterocycles. The first-order valence-electron chi connectivity index (χ1n) is 4.89. The Bertz CT molecular complexity index is 267. The van der Waals surface area contributed by atoms with Crippen LogP contribution in [0.25, 0.3) is 0 Å². The number of aliphatic carboxylic acids is 1. The second-order valence-electron chi connectivity index (χ2n) is 3.32. The Balaban J connectivity index is 3.52. The van der Waals surface area contributed by atoms with Crippen molar-refractivity contribution in [1.82, 2.24) is 5.32 Å². The van der Waals surface area contributed by atoms with Crippen molar-refractivity contribution in [3.8, 4) is 0 Å². The lowest BCUT2D eigenvalue weighted by atomic mass is 10.2. The van der Waals surface area contributed by atoms with Crippen molar-refractivity contribution in [3.05, 3.63) is 0 Å². The van der Waals surface area contributed by atoms with E-state index in [-0.39, 0.29) is 25.3 Å². The van der Waals surface area contributed by atoms with Crippen LogP contribution in [0.4, 0.5) is 0 Å². The van der Waals surface area contributed by atoms with Crippen LogP contribution in [-0.2, 0) is 14.4 Å². The predicted octanol–water partition coefficient (Wildman–Crippen LogP) is -1.41. The summed E-state index contributed by atoms with van der Waals surface area (Å²) in [5.74, 6) is -2.14. The van der Waals surface area contributed by atoms with Crippen LogP contribution >= 0.6 is 0 Å². The standard InChI is InChI=1S/C9H16N2O5/c10-9(16)6(12)5-11-7(13)3-1-2-4-8(14)15/h6,12H,1-5H2,(H2,10,16)(H,11,13)(H,14,15). The van der Waals surface area contributed by atoms with Gasteiger partial charge in [0.05, 0.1) is 6.54 Å². The Labute approximate surface area is 92.6 Å². The molecule has 0 bridgehead atoms. The second-order valence-corrected chi connectivity index (χ2v) is 3.32. The van der Waals surface area contributed by atoms with E-state index >= 15 is 0 Å². The molecular weight excluding hydrogens is 216 g/mol. The van der Waals surface area contributed by atoms with Crippen molar-refractivity contribution in [2.45, 2.75) is 31.8 Å².